The van der Waals surface area contributed by atoms with Crippen molar-refractivity contribution in [1.29, 1.82) is 0 Å². The van der Waals surface area contributed by atoms with Gasteiger partial charge in [0.25, 0.3) is 0 Å². The highest BCUT2D eigenvalue weighted by Gasteiger charge is 2.71. The Morgan fingerprint density at radius 3 is 2.03 bits per heavy atom. The topological polar surface area (TPSA) is 69.9 Å². The molecule has 5 aliphatic rings. The minimum absolute atomic E-state index is 0.0630. The minimum Gasteiger partial charge on any atom is -0.393 e. The van der Waals surface area contributed by atoms with Gasteiger partial charge in [-0.1, -0.05) is 34.6 Å². The van der Waals surface area contributed by atoms with Crippen molar-refractivity contribution < 1.29 is 20.1 Å². The predicted molar refractivity (Wildman–Crippen MR) is 135 cm³/mol. The molecule has 3 N–H and O–H groups in total. The first-order chi connectivity index (χ1) is 15.5. The zero-order valence-corrected chi connectivity index (χ0v) is 23.2. The fourth-order valence-electron chi connectivity index (χ4n) is 11.1. The SMILES string of the molecule is CC1(C2CC[C@]3(C)C2[C@H](O)CC2[C@@]4(C)CC[C@H](O)C(C)(C)C4CC[C@]23C)CC[C@@H](C(C)(C)O)O1. The van der Waals surface area contributed by atoms with Gasteiger partial charge in [-0.2, -0.15) is 0 Å². The summed E-state index contributed by atoms with van der Waals surface area (Å²) in [6.07, 6.45) is 8.72. The molecule has 4 aliphatic carbocycles. The minimum atomic E-state index is -0.826. The van der Waals surface area contributed by atoms with E-state index in [0.717, 1.165) is 44.9 Å². The van der Waals surface area contributed by atoms with Crippen molar-refractivity contribution in [3.8, 4) is 0 Å². The van der Waals surface area contributed by atoms with Crippen LogP contribution in [0.25, 0.3) is 0 Å². The molecule has 4 saturated carbocycles. The molecule has 0 aromatic heterocycles. The Bertz CT molecular complexity index is 817. The van der Waals surface area contributed by atoms with Gasteiger partial charge in [-0.25, -0.2) is 0 Å². The van der Waals surface area contributed by atoms with Crippen molar-refractivity contribution in [3.05, 3.63) is 0 Å². The average Bonchev–Trinajstić information content (AvgIpc) is 3.30. The van der Waals surface area contributed by atoms with E-state index in [1.54, 1.807) is 0 Å². The first-order valence-corrected chi connectivity index (χ1v) is 14.3. The van der Waals surface area contributed by atoms with E-state index >= 15 is 0 Å². The van der Waals surface area contributed by atoms with Crippen LogP contribution in [-0.4, -0.2) is 44.8 Å². The van der Waals surface area contributed by atoms with E-state index in [4.69, 9.17) is 4.74 Å². The molecule has 0 radical (unpaired) electrons. The maximum atomic E-state index is 11.9. The molecule has 1 heterocycles. The second-order valence-electron chi connectivity index (χ2n) is 15.4. The van der Waals surface area contributed by atoms with Crippen LogP contribution in [0.3, 0.4) is 0 Å². The standard InChI is InChI=1S/C30H52O4/c1-25(2)20-10-15-28(6)21(27(20,5)13-11-22(25)32)17-19(31)24-18(9-14-29(24,28)7)30(8)16-12-23(34-30)26(3,4)33/h18-24,31-33H,9-17H2,1-8H3/t18?,19-,20?,21?,22+,23+,24?,27+,28-,29-,30?/m1/s1. The van der Waals surface area contributed by atoms with Crippen LogP contribution in [0.5, 0.6) is 0 Å². The Kier molecular flexibility index (Phi) is 5.59. The molecular formula is C30H52O4. The predicted octanol–water partition coefficient (Wildman–Crippen LogP) is 5.71. The Labute approximate surface area is 208 Å². The van der Waals surface area contributed by atoms with E-state index in [2.05, 4.69) is 41.5 Å². The third-order valence-corrected chi connectivity index (χ3v) is 13.3. The molecule has 5 rings (SSSR count). The summed E-state index contributed by atoms with van der Waals surface area (Å²) < 4.78 is 6.66. The van der Waals surface area contributed by atoms with E-state index < -0.39 is 5.60 Å². The van der Waals surface area contributed by atoms with E-state index in [1.165, 1.54) is 12.8 Å². The Morgan fingerprint density at radius 1 is 0.765 bits per heavy atom. The highest BCUT2D eigenvalue weighted by Crippen LogP contribution is 2.76. The number of hydrogen-bond acceptors (Lipinski definition) is 4. The molecule has 4 nitrogen and oxygen atoms in total. The fourth-order valence-corrected chi connectivity index (χ4v) is 11.1. The van der Waals surface area contributed by atoms with Crippen LogP contribution < -0.4 is 0 Å². The average molecular weight is 477 g/mol. The lowest BCUT2D eigenvalue weighted by atomic mass is 9.35. The van der Waals surface area contributed by atoms with Crippen molar-refractivity contribution in [2.45, 2.75) is 143 Å². The number of rotatable bonds is 2. The number of aliphatic hydroxyl groups excluding tert-OH is 2. The lowest BCUT2D eigenvalue weighted by Gasteiger charge is -2.70. The second-order valence-corrected chi connectivity index (χ2v) is 15.4. The molecule has 0 spiro atoms. The Morgan fingerprint density at radius 2 is 1.41 bits per heavy atom. The smallest absolute Gasteiger partial charge is 0.0865 e. The van der Waals surface area contributed by atoms with E-state index in [0.29, 0.717) is 17.8 Å². The van der Waals surface area contributed by atoms with Crippen molar-refractivity contribution in [1.82, 2.24) is 0 Å². The summed E-state index contributed by atoms with van der Waals surface area (Å²) in [4.78, 5) is 0. The Balaban J connectivity index is 1.48. The molecule has 0 amide bonds. The number of fused-ring (bicyclic) bond motifs is 5. The number of hydrogen-bond donors (Lipinski definition) is 3. The van der Waals surface area contributed by atoms with Gasteiger partial charge in [0.2, 0.25) is 0 Å². The summed E-state index contributed by atoms with van der Waals surface area (Å²) in [7, 11) is 0. The van der Waals surface area contributed by atoms with Gasteiger partial charge < -0.3 is 20.1 Å². The third-order valence-electron chi connectivity index (χ3n) is 13.3. The molecule has 11 atom stereocenters. The molecule has 0 aromatic rings. The van der Waals surface area contributed by atoms with E-state index in [1.807, 2.05) is 13.8 Å². The first-order valence-electron chi connectivity index (χ1n) is 14.3. The summed E-state index contributed by atoms with van der Waals surface area (Å²) in [5.41, 5.74) is -0.703. The lowest BCUT2D eigenvalue weighted by molar-refractivity contribution is -0.248. The number of ether oxygens (including phenoxy) is 1. The first kappa shape index (κ1) is 25.5. The third kappa shape index (κ3) is 3.16. The van der Waals surface area contributed by atoms with Gasteiger partial charge in [0.1, 0.15) is 0 Å². The molecule has 5 fully saturated rings. The Hall–Kier alpha value is -0.160. The fraction of sp³-hybridized carbons (Fsp3) is 1.00. The molecule has 4 heteroatoms. The van der Waals surface area contributed by atoms with Crippen molar-refractivity contribution >= 4 is 0 Å². The largest absolute Gasteiger partial charge is 0.393 e. The zero-order chi connectivity index (χ0) is 25.1. The lowest BCUT2D eigenvalue weighted by Crippen LogP contribution is -2.66. The molecule has 1 aliphatic heterocycles. The van der Waals surface area contributed by atoms with Crippen LogP contribution in [0.1, 0.15) is 113 Å². The second kappa shape index (κ2) is 7.45. The maximum absolute atomic E-state index is 11.9. The van der Waals surface area contributed by atoms with Gasteiger partial charge in [-0.3, -0.25) is 0 Å². The number of aliphatic hydroxyl groups is 3. The summed E-state index contributed by atoms with van der Waals surface area (Å²) in [5.74, 6) is 1.59. The van der Waals surface area contributed by atoms with Crippen LogP contribution in [0.15, 0.2) is 0 Å². The van der Waals surface area contributed by atoms with Crippen LogP contribution in [-0.2, 0) is 4.74 Å². The van der Waals surface area contributed by atoms with Gasteiger partial charge in [-0.15, -0.1) is 0 Å². The van der Waals surface area contributed by atoms with Gasteiger partial charge in [0.15, 0.2) is 0 Å². The van der Waals surface area contributed by atoms with Gasteiger partial charge >= 0.3 is 0 Å². The summed E-state index contributed by atoms with van der Waals surface area (Å²) >= 11 is 0. The van der Waals surface area contributed by atoms with Gasteiger partial charge in [-0.05, 0) is 124 Å². The summed E-state index contributed by atoms with van der Waals surface area (Å²) in [5, 5.41) is 33.4. The monoisotopic (exact) mass is 476 g/mol. The highest BCUT2D eigenvalue weighted by molar-refractivity contribution is 5.20. The van der Waals surface area contributed by atoms with E-state index in [9.17, 15) is 15.3 Å². The van der Waals surface area contributed by atoms with E-state index in [-0.39, 0.29) is 51.5 Å². The van der Waals surface area contributed by atoms with Gasteiger partial charge in [0, 0.05) is 0 Å². The van der Waals surface area contributed by atoms with Crippen LogP contribution in [0.4, 0.5) is 0 Å². The van der Waals surface area contributed by atoms with Crippen molar-refractivity contribution in [2.24, 2.45) is 45.3 Å². The van der Waals surface area contributed by atoms with Crippen LogP contribution in [0.2, 0.25) is 0 Å². The highest BCUT2D eigenvalue weighted by atomic mass is 16.5. The molecule has 196 valence electrons. The van der Waals surface area contributed by atoms with Gasteiger partial charge in [0.05, 0.1) is 29.5 Å². The van der Waals surface area contributed by atoms with Crippen LogP contribution in [0, 0.1) is 45.3 Å². The van der Waals surface area contributed by atoms with Crippen molar-refractivity contribution in [2.75, 3.05) is 0 Å². The maximum Gasteiger partial charge on any atom is 0.0865 e. The summed E-state index contributed by atoms with van der Waals surface area (Å²) in [6, 6.07) is 0. The quantitative estimate of drug-likeness (QED) is 0.477. The van der Waals surface area contributed by atoms with Crippen LogP contribution >= 0.6 is 0 Å². The molecule has 1 saturated heterocycles. The molecular weight excluding hydrogens is 424 g/mol. The molecule has 0 bridgehead atoms. The molecule has 0 aromatic carbocycles. The molecule has 5 unspecified atom stereocenters. The molecule has 34 heavy (non-hydrogen) atoms. The zero-order valence-electron chi connectivity index (χ0n) is 23.2. The van der Waals surface area contributed by atoms with Crippen molar-refractivity contribution in [3.63, 3.8) is 0 Å². The summed E-state index contributed by atoms with van der Waals surface area (Å²) in [6.45, 7) is 18.1. The normalized spacial score (nSPS) is 57.1.